The van der Waals surface area contributed by atoms with E-state index in [1.165, 1.54) is 11.6 Å². The Morgan fingerprint density at radius 1 is 1.42 bits per heavy atom. The van der Waals surface area contributed by atoms with Crippen LogP contribution >= 0.6 is 0 Å². The van der Waals surface area contributed by atoms with Gasteiger partial charge in [0.2, 0.25) is 0 Å². The average molecular weight is 205 g/mol. The van der Waals surface area contributed by atoms with E-state index in [0.717, 1.165) is 0 Å². The Kier molecular flexibility index (Phi) is 3.52. The van der Waals surface area contributed by atoms with Crippen molar-refractivity contribution in [1.29, 1.82) is 0 Å². The molecule has 74 valence electrons. The Balaban J connectivity index is 4.46. The average Bonchev–Trinajstić information content (AvgIpc) is 1.84. The maximum atomic E-state index is 11.7. The predicted octanol–water partition coefficient (Wildman–Crippen LogP) is 1.22. The van der Waals surface area contributed by atoms with E-state index < -0.39 is 21.6 Å². The minimum absolute atomic E-state index is 0.315. The van der Waals surface area contributed by atoms with Crippen molar-refractivity contribution in [3.05, 3.63) is 0 Å². The number of halogens is 3. The molecular formula is C5H10F3NO2S. The third-order valence-electron chi connectivity index (χ3n) is 1.27. The summed E-state index contributed by atoms with van der Waals surface area (Å²) in [6.07, 6.45) is 0.315. The molecule has 0 saturated heterocycles. The van der Waals surface area contributed by atoms with E-state index in [2.05, 4.69) is 0 Å². The molecule has 0 saturated carbocycles. The van der Waals surface area contributed by atoms with Crippen molar-refractivity contribution in [2.75, 3.05) is 0 Å². The van der Waals surface area contributed by atoms with Gasteiger partial charge in [0.1, 0.15) is 0 Å². The standard InChI is InChI=1S/C5H10F3NO2S/c1-3-4(2)9-12(10,11)5(6,7)8/h4,9H,3H2,1-2H3. The predicted molar refractivity (Wildman–Crippen MR) is 37.9 cm³/mol. The summed E-state index contributed by atoms with van der Waals surface area (Å²) in [4.78, 5) is 0. The van der Waals surface area contributed by atoms with Gasteiger partial charge in [-0.25, -0.2) is 13.1 Å². The van der Waals surface area contributed by atoms with E-state index in [4.69, 9.17) is 0 Å². The Hall–Kier alpha value is -0.300. The number of hydrogen-bond donors (Lipinski definition) is 1. The number of sulfonamides is 1. The number of hydrogen-bond acceptors (Lipinski definition) is 2. The lowest BCUT2D eigenvalue weighted by Gasteiger charge is -2.13. The molecule has 1 unspecified atom stereocenters. The molecule has 0 aliphatic rings. The van der Waals surface area contributed by atoms with Crippen molar-refractivity contribution < 1.29 is 21.6 Å². The summed E-state index contributed by atoms with van der Waals surface area (Å²) in [5, 5.41) is 0. The Morgan fingerprint density at radius 3 is 2.08 bits per heavy atom. The number of nitrogens with one attached hydrogen (secondary N) is 1. The van der Waals surface area contributed by atoms with Crippen LogP contribution in [0, 0.1) is 0 Å². The smallest absolute Gasteiger partial charge is 0.205 e. The SMILES string of the molecule is CCC(C)NS(=O)(=O)C(F)(F)F. The highest BCUT2D eigenvalue weighted by Crippen LogP contribution is 2.21. The number of rotatable bonds is 3. The number of alkyl halides is 3. The van der Waals surface area contributed by atoms with E-state index in [9.17, 15) is 21.6 Å². The summed E-state index contributed by atoms with van der Waals surface area (Å²) in [6, 6.07) is -0.698. The normalized spacial score (nSPS) is 16.1. The van der Waals surface area contributed by atoms with Crippen LogP contribution in [0.25, 0.3) is 0 Å². The molecule has 0 aliphatic carbocycles. The Morgan fingerprint density at radius 2 is 1.83 bits per heavy atom. The molecule has 0 aromatic heterocycles. The molecule has 0 aromatic rings. The first-order chi connectivity index (χ1) is 5.20. The van der Waals surface area contributed by atoms with Gasteiger partial charge in [-0.1, -0.05) is 6.92 Å². The van der Waals surface area contributed by atoms with Gasteiger partial charge in [0, 0.05) is 6.04 Å². The molecule has 12 heavy (non-hydrogen) atoms. The Bertz CT molecular complexity index is 234. The second-order valence-corrected chi connectivity index (χ2v) is 4.08. The highest BCUT2D eigenvalue weighted by atomic mass is 32.2. The van der Waals surface area contributed by atoms with Crippen molar-refractivity contribution >= 4 is 10.0 Å². The van der Waals surface area contributed by atoms with Crippen LogP contribution in [0.4, 0.5) is 13.2 Å². The molecule has 0 heterocycles. The summed E-state index contributed by atoms with van der Waals surface area (Å²) < 4.78 is 57.3. The molecule has 0 aliphatic heterocycles. The van der Waals surface area contributed by atoms with Crippen molar-refractivity contribution in [2.45, 2.75) is 31.8 Å². The van der Waals surface area contributed by atoms with Gasteiger partial charge in [-0.2, -0.15) is 13.2 Å². The van der Waals surface area contributed by atoms with Gasteiger partial charge in [0.25, 0.3) is 0 Å². The molecule has 7 heteroatoms. The zero-order valence-electron chi connectivity index (χ0n) is 6.64. The second kappa shape index (κ2) is 3.61. The zero-order valence-corrected chi connectivity index (χ0v) is 7.46. The van der Waals surface area contributed by atoms with Crippen molar-refractivity contribution in [3.63, 3.8) is 0 Å². The molecule has 1 N–H and O–H groups in total. The summed E-state index contributed by atoms with van der Waals surface area (Å²) >= 11 is 0. The summed E-state index contributed by atoms with van der Waals surface area (Å²) in [5.74, 6) is 0. The fourth-order valence-corrected chi connectivity index (χ4v) is 1.25. The lowest BCUT2D eigenvalue weighted by molar-refractivity contribution is -0.0450. The van der Waals surface area contributed by atoms with Crippen LogP contribution < -0.4 is 4.72 Å². The third kappa shape index (κ3) is 2.98. The van der Waals surface area contributed by atoms with Gasteiger partial charge in [-0.05, 0) is 13.3 Å². The van der Waals surface area contributed by atoms with Gasteiger partial charge in [-0.3, -0.25) is 0 Å². The molecular weight excluding hydrogens is 195 g/mol. The van der Waals surface area contributed by atoms with Gasteiger partial charge in [-0.15, -0.1) is 0 Å². The topological polar surface area (TPSA) is 46.2 Å². The fourth-order valence-electron chi connectivity index (χ4n) is 0.415. The summed E-state index contributed by atoms with van der Waals surface area (Å²) in [6.45, 7) is 2.95. The Labute approximate surface area is 69.0 Å². The minimum atomic E-state index is -5.21. The van der Waals surface area contributed by atoms with Crippen LogP contribution in [0.1, 0.15) is 20.3 Å². The van der Waals surface area contributed by atoms with Crippen LogP contribution in [0.15, 0.2) is 0 Å². The van der Waals surface area contributed by atoms with E-state index in [1.54, 1.807) is 6.92 Å². The molecule has 1 atom stereocenters. The molecule has 0 bridgehead atoms. The van der Waals surface area contributed by atoms with E-state index in [1.807, 2.05) is 0 Å². The van der Waals surface area contributed by atoms with Crippen LogP contribution in [0.5, 0.6) is 0 Å². The van der Waals surface area contributed by atoms with Gasteiger partial charge >= 0.3 is 15.5 Å². The van der Waals surface area contributed by atoms with Gasteiger partial charge in [0.05, 0.1) is 0 Å². The summed E-state index contributed by atoms with van der Waals surface area (Å²) in [7, 11) is -5.16. The van der Waals surface area contributed by atoms with Gasteiger partial charge in [0.15, 0.2) is 0 Å². The van der Waals surface area contributed by atoms with Crippen LogP contribution in [0.2, 0.25) is 0 Å². The molecule has 0 radical (unpaired) electrons. The molecule has 0 aromatic carbocycles. The van der Waals surface area contributed by atoms with Crippen LogP contribution in [0.3, 0.4) is 0 Å². The fraction of sp³-hybridized carbons (Fsp3) is 1.00. The maximum absolute atomic E-state index is 11.7. The van der Waals surface area contributed by atoms with Crippen molar-refractivity contribution in [2.24, 2.45) is 0 Å². The highest BCUT2D eigenvalue weighted by Gasteiger charge is 2.46. The summed E-state index contributed by atoms with van der Waals surface area (Å²) in [5.41, 5.74) is -5.21. The molecule has 0 spiro atoms. The van der Waals surface area contributed by atoms with E-state index in [0.29, 0.717) is 6.42 Å². The molecule has 3 nitrogen and oxygen atoms in total. The first-order valence-corrected chi connectivity index (χ1v) is 4.77. The quantitative estimate of drug-likeness (QED) is 0.753. The van der Waals surface area contributed by atoms with E-state index >= 15 is 0 Å². The van der Waals surface area contributed by atoms with Crippen LogP contribution in [-0.4, -0.2) is 20.0 Å². The van der Waals surface area contributed by atoms with Gasteiger partial charge < -0.3 is 0 Å². The van der Waals surface area contributed by atoms with Crippen LogP contribution in [-0.2, 0) is 10.0 Å². The first kappa shape index (κ1) is 11.7. The molecule has 0 rings (SSSR count). The monoisotopic (exact) mass is 205 g/mol. The lowest BCUT2D eigenvalue weighted by atomic mass is 10.3. The highest BCUT2D eigenvalue weighted by molar-refractivity contribution is 7.90. The maximum Gasteiger partial charge on any atom is 0.511 e. The third-order valence-corrected chi connectivity index (χ3v) is 2.60. The van der Waals surface area contributed by atoms with E-state index in [-0.39, 0.29) is 0 Å². The molecule has 0 amide bonds. The zero-order chi connectivity index (χ0) is 9.99. The first-order valence-electron chi connectivity index (χ1n) is 3.29. The minimum Gasteiger partial charge on any atom is -0.205 e. The lowest BCUT2D eigenvalue weighted by Crippen LogP contribution is -2.41. The second-order valence-electron chi connectivity index (χ2n) is 2.38. The molecule has 0 fully saturated rings. The van der Waals surface area contributed by atoms with Crippen molar-refractivity contribution in [1.82, 2.24) is 4.72 Å². The van der Waals surface area contributed by atoms with Crippen molar-refractivity contribution in [3.8, 4) is 0 Å². The largest absolute Gasteiger partial charge is 0.511 e.